The van der Waals surface area contributed by atoms with Crippen molar-refractivity contribution >= 4 is 21.7 Å². The molecule has 1 aromatic carbocycles. The van der Waals surface area contributed by atoms with Gasteiger partial charge in [0, 0.05) is 11.1 Å². The van der Waals surface area contributed by atoms with E-state index in [-0.39, 0.29) is 39.6 Å². The van der Waals surface area contributed by atoms with Gasteiger partial charge in [-0.1, -0.05) is 0 Å². The monoisotopic (exact) mass is 390 g/mol. The maximum atomic E-state index is 12.0. The molecule has 1 heterocycles. The number of halogens is 1. The number of nitrogens with two attached hydrogens (primary N) is 1. The van der Waals surface area contributed by atoms with Crippen LogP contribution in [0.3, 0.4) is 0 Å². The standard InChI is InChI=1S/C15H11BrN4O4/c1-23-12-9(16)3-6(11(21)13(12)24-2)10-7(4-17)14(19)20-15(22)8(10)5-18/h3,21H,1-2H3,(H3,19,20,22). The van der Waals surface area contributed by atoms with Gasteiger partial charge in [0.1, 0.15) is 29.1 Å². The van der Waals surface area contributed by atoms with Crippen molar-refractivity contribution in [1.29, 1.82) is 10.5 Å². The fraction of sp³-hybridized carbons (Fsp3) is 0.133. The van der Waals surface area contributed by atoms with Gasteiger partial charge in [-0.15, -0.1) is 0 Å². The molecule has 0 unspecified atom stereocenters. The minimum Gasteiger partial charge on any atom is -0.504 e. The molecule has 0 aliphatic rings. The lowest BCUT2D eigenvalue weighted by Crippen LogP contribution is -2.16. The molecule has 2 aromatic rings. The van der Waals surface area contributed by atoms with Crippen molar-refractivity contribution < 1.29 is 14.6 Å². The van der Waals surface area contributed by atoms with Crippen LogP contribution in [0.1, 0.15) is 11.1 Å². The van der Waals surface area contributed by atoms with E-state index in [9.17, 15) is 20.4 Å². The molecule has 122 valence electrons. The summed E-state index contributed by atoms with van der Waals surface area (Å²) in [6, 6.07) is 4.97. The molecule has 0 saturated heterocycles. The molecule has 0 spiro atoms. The van der Waals surface area contributed by atoms with Crippen molar-refractivity contribution in [2.24, 2.45) is 0 Å². The van der Waals surface area contributed by atoms with Crippen molar-refractivity contribution in [2.75, 3.05) is 20.0 Å². The number of phenols is 1. The predicted molar refractivity (Wildman–Crippen MR) is 88.8 cm³/mol. The maximum Gasteiger partial charge on any atom is 0.268 e. The van der Waals surface area contributed by atoms with Crippen LogP contribution >= 0.6 is 15.9 Å². The summed E-state index contributed by atoms with van der Waals surface area (Å²) in [6.07, 6.45) is 0. The highest BCUT2D eigenvalue weighted by Crippen LogP contribution is 2.49. The first-order valence-corrected chi connectivity index (χ1v) is 7.20. The molecule has 0 fully saturated rings. The zero-order chi connectivity index (χ0) is 18.0. The Labute approximate surface area is 144 Å². The van der Waals surface area contributed by atoms with Gasteiger partial charge >= 0.3 is 0 Å². The van der Waals surface area contributed by atoms with E-state index in [1.807, 2.05) is 6.07 Å². The third-order valence-electron chi connectivity index (χ3n) is 3.31. The van der Waals surface area contributed by atoms with Gasteiger partial charge in [0.25, 0.3) is 5.56 Å². The summed E-state index contributed by atoms with van der Waals surface area (Å²) < 4.78 is 10.7. The first kappa shape index (κ1) is 17.2. The van der Waals surface area contributed by atoms with Crippen molar-refractivity contribution in [3.8, 4) is 40.5 Å². The van der Waals surface area contributed by atoms with E-state index in [2.05, 4.69) is 20.9 Å². The molecular formula is C15H11BrN4O4. The molecular weight excluding hydrogens is 380 g/mol. The quantitative estimate of drug-likeness (QED) is 0.724. The minimum absolute atomic E-state index is 0.0199. The highest BCUT2D eigenvalue weighted by atomic mass is 79.9. The first-order chi connectivity index (χ1) is 11.4. The number of aromatic amines is 1. The number of rotatable bonds is 3. The van der Waals surface area contributed by atoms with E-state index in [1.54, 1.807) is 6.07 Å². The Morgan fingerprint density at radius 1 is 1.21 bits per heavy atom. The number of nitrogens with one attached hydrogen (secondary N) is 1. The smallest absolute Gasteiger partial charge is 0.268 e. The number of aromatic hydroxyl groups is 1. The highest BCUT2D eigenvalue weighted by Gasteiger charge is 2.25. The predicted octanol–water partition coefficient (Wildman–Crippen LogP) is 1.85. The fourth-order valence-electron chi connectivity index (χ4n) is 2.28. The van der Waals surface area contributed by atoms with Gasteiger partial charge in [0.2, 0.25) is 5.75 Å². The molecule has 0 radical (unpaired) electrons. The number of pyridine rings is 1. The third-order valence-corrected chi connectivity index (χ3v) is 3.90. The zero-order valence-corrected chi connectivity index (χ0v) is 14.2. The number of methoxy groups -OCH3 is 2. The molecule has 4 N–H and O–H groups in total. The van der Waals surface area contributed by atoms with Gasteiger partial charge in [0.05, 0.1) is 18.7 Å². The van der Waals surface area contributed by atoms with Crippen LogP contribution in [-0.4, -0.2) is 24.3 Å². The molecule has 0 amide bonds. The minimum atomic E-state index is -0.769. The van der Waals surface area contributed by atoms with Gasteiger partial charge in [-0.05, 0) is 22.0 Å². The Bertz CT molecular complexity index is 970. The number of benzene rings is 1. The van der Waals surface area contributed by atoms with E-state index in [1.165, 1.54) is 20.3 Å². The second-order valence-corrected chi connectivity index (χ2v) is 5.39. The number of nitrogens with zero attached hydrogens (tertiary/aromatic N) is 2. The molecule has 2 rings (SSSR count). The zero-order valence-electron chi connectivity index (χ0n) is 12.6. The van der Waals surface area contributed by atoms with E-state index in [0.717, 1.165) is 0 Å². The molecule has 0 atom stereocenters. The summed E-state index contributed by atoms with van der Waals surface area (Å²) in [5.74, 6) is -0.403. The van der Waals surface area contributed by atoms with E-state index >= 15 is 0 Å². The SMILES string of the molecule is COc1c(Br)cc(-c2c(C#N)c(N)[nH]c(=O)c2C#N)c(O)c1OC. The largest absolute Gasteiger partial charge is 0.504 e. The molecule has 0 saturated carbocycles. The fourth-order valence-corrected chi connectivity index (χ4v) is 2.85. The van der Waals surface area contributed by atoms with Crippen molar-refractivity contribution in [3.63, 3.8) is 0 Å². The van der Waals surface area contributed by atoms with Crippen LogP contribution < -0.4 is 20.8 Å². The normalized spacial score (nSPS) is 9.88. The summed E-state index contributed by atoms with van der Waals surface area (Å²) in [7, 11) is 2.70. The molecule has 0 aliphatic carbocycles. The Kier molecular flexibility index (Phi) is 4.67. The van der Waals surface area contributed by atoms with Crippen LogP contribution in [0, 0.1) is 22.7 Å². The highest BCUT2D eigenvalue weighted by molar-refractivity contribution is 9.10. The van der Waals surface area contributed by atoms with Crippen LogP contribution in [-0.2, 0) is 0 Å². The maximum absolute atomic E-state index is 12.0. The molecule has 0 aliphatic heterocycles. The number of ether oxygens (including phenoxy) is 2. The van der Waals surface area contributed by atoms with E-state index in [0.29, 0.717) is 4.47 Å². The topological polar surface area (TPSA) is 145 Å². The number of nitrogen functional groups attached to an aromatic ring is 1. The van der Waals surface area contributed by atoms with Gasteiger partial charge in [-0.3, -0.25) is 4.79 Å². The van der Waals surface area contributed by atoms with E-state index < -0.39 is 11.3 Å². The van der Waals surface area contributed by atoms with Gasteiger partial charge < -0.3 is 25.3 Å². The summed E-state index contributed by atoms with van der Waals surface area (Å²) in [5.41, 5.74) is 4.36. The lowest BCUT2D eigenvalue weighted by atomic mass is 9.95. The number of aromatic nitrogens is 1. The van der Waals surface area contributed by atoms with Gasteiger partial charge in [0.15, 0.2) is 11.5 Å². The average Bonchev–Trinajstić information content (AvgIpc) is 2.55. The van der Waals surface area contributed by atoms with Crippen LogP contribution in [0.2, 0.25) is 0 Å². The summed E-state index contributed by atoms with van der Waals surface area (Å²) in [6.45, 7) is 0. The van der Waals surface area contributed by atoms with Crippen molar-refractivity contribution in [3.05, 3.63) is 32.0 Å². The number of phenolic OH excluding ortho intramolecular Hbond substituents is 1. The molecule has 1 aromatic heterocycles. The van der Waals surface area contributed by atoms with Gasteiger partial charge in [-0.25, -0.2) is 0 Å². The number of hydrogen-bond donors (Lipinski definition) is 3. The van der Waals surface area contributed by atoms with Crippen molar-refractivity contribution in [2.45, 2.75) is 0 Å². The van der Waals surface area contributed by atoms with Crippen LogP contribution in [0.15, 0.2) is 15.3 Å². The lowest BCUT2D eigenvalue weighted by molar-refractivity contribution is 0.332. The van der Waals surface area contributed by atoms with Crippen LogP contribution in [0.25, 0.3) is 11.1 Å². The summed E-state index contributed by atoms with van der Waals surface area (Å²) in [5, 5.41) is 29.1. The molecule has 24 heavy (non-hydrogen) atoms. The molecule has 9 heteroatoms. The molecule has 0 bridgehead atoms. The number of anilines is 1. The lowest BCUT2D eigenvalue weighted by Gasteiger charge is -2.16. The van der Waals surface area contributed by atoms with Crippen LogP contribution in [0.4, 0.5) is 5.82 Å². The number of hydrogen-bond acceptors (Lipinski definition) is 7. The van der Waals surface area contributed by atoms with Gasteiger partial charge in [-0.2, -0.15) is 10.5 Å². The first-order valence-electron chi connectivity index (χ1n) is 6.40. The van der Waals surface area contributed by atoms with E-state index in [4.69, 9.17) is 15.2 Å². The second-order valence-electron chi connectivity index (χ2n) is 4.54. The van der Waals surface area contributed by atoms with Crippen LogP contribution in [0.5, 0.6) is 17.2 Å². The van der Waals surface area contributed by atoms with Crippen molar-refractivity contribution in [1.82, 2.24) is 4.98 Å². The summed E-state index contributed by atoms with van der Waals surface area (Å²) in [4.78, 5) is 14.2. The molecule has 8 nitrogen and oxygen atoms in total. The summed E-state index contributed by atoms with van der Waals surface area (Å²) >= 11 is 3.26. The number of H-pyrrole nitrogens is 1. The third kappa shape index (κ3) is 2.51. The Morgan fingerprint density at radius 3 is 2.29 bits per heavy atom. The second kappa shape index (κ2) is 6.52. The average molecular weight is 391 g/mol. The number of nitriles is 2. The Morgan fingerprint density at radius 2 is 1.79 bits per heavy atom. The Hall–Kier alpha value is -3.17. The Balaban J connectivity index is 3.04.